The molecule has 0 spiro atoms. The standard InChI is InChI=1S/C15H26N2O3/c1-15(2)8-4-7-12(15)17-14(20)16-11-6-3-5-10(9-11)13(18)19/h10-12H,3-9H2,1-2H3,(H,18,19)(H2,16,17,20). The van der Waals surface area contributed by atoms with Crippen molar-refractivity contribution in [3.8, 4) is 0 Å². The van der Waals surface area contributed by atoms with Crippen molar-refractivity contribution in [1.82, 2.24) is 10.6 Å². The first-order valence-corrected chi connectivity index (χ1v) is 7.68. The van der Waals surface area contributed by atoms with E-state index >= 15 is 0 Å². The zero-order chi connectivity index (χ0) is 14.8. The Bertz CT molecular complexity index is 381. The molecule has 0 aromatic rings. The molecule has 0 aromatic carbocycles. The molecule has 2 fully saturated rings. The van der Waals surface area contributed by atoms with Gasteiger partial charge in [-0.25, -0.2) is 4.79 Å². The van der Waals surface area contributed by atoms with Gasteiger partial charge < -0.3 is 15.7 Å². The fourth-order valence-corrected chi connectivity index (χ4v) is 3.52. The van der Waals surface area contributed by atoms with E-state index in [1.807, 2.05) is 0 Å². The Hall–Kier alpha value is -1.26. The van der Waals surface area contributed by atoms with E-state index < -0.39 is 5.97 Å². The summed E-state index contributed by atoms with van der Waals surface area (Å²) in [6.45, 7) is 4.37. The first-order chi connectivity index (χ1) is 9.38. The highest BCUT2D eigenvalue weighted by molar-refractivity contribution is 5.75. The summed E-state index contributed by atoms with van der Waals surface area (Å²) in [6.07, 6.45) is 6.36. The zero-order valence-corrected chi connectivity index (χ0v) is 12.4. The third-order valence-corrected chi connectivity index (χ3v) is 4.92. The van der Waals surface area contributed by atoms with Gasteiger partial charge in [0.2, 0.25) is 0 Å². The van der Waals surface area contributed by atoms with E-state index in [1.165, 1.54) is 0 Å². The Balaban J connectivity index is 1.81. The van der Waals surface area contributed by atoms with Crippen molar-refractivity contribution in [3.05, 3.63) is 0 Å². The smallest absolute Gasteiger partial charge is 0.315 e. The van der Waals surface area contributed by atoms with Crippen molar-refractivity contribution in [1.29, 1.82) is 0 Å². The Morgan fingerprint density at radius 3 is 2.45 bits per heavy atom. The third kappa shape index (κ3) is 3.64. The summed E-state index contributed by atoms with van der Waals surface area (Å²) >= 11 is 0. The molecule has 2 amide bonds. The van der Waals surface area contributed by atoms with E-state index in [1.54, 1.807) is 0 Å². The molecule has 0 aromatic heterocycles. The van der Waals surface area contributed by atoms with E-state index in [0.29, 0.717) is 6.42 Å². The van der Waals surface area contributed by atoms with Crippen LogP contribution in [0.5, 0.6) is 0 Å². The monoisotopic (exact) mass is 282 g/mol. The number of carboxylic acids is 1. The van der Waals surface area contributed by atoms with Crippen molar-refractivity contribution in [2.45, 2.75) is 70.9 Å². The minimum atomic E-state index is -0.742. The van der Waals surface area contributed by atoms with Crippen LogP contribution >= 0.6 is 0 Å². The van der Waals surface area contributed by atoms with Crippen molar-refractivity contribution >= 4 is 12.0 Å². The lowest BCUT2D eigenvalue weighted by atomic mass is 9.85. The quantitative estimate of drug-likeness (QED) is 0.744. The number of carbonyl (C=O) groups excluding carboxylic acids is 1. The lowest BCUT2D eigenvalue weighted by Crippen LogP contribution is -2.50. The fourth-order valence-electron chi connectivity index (χ4n) is 3.52. The van der Waals surface area contributed by atoms with Crippen LogP contribution in [0, 0.1) is 11.3 Å². The predicted octanol–water partition coefficient (Wildman–Crippen LogP) is 2.51. The molecule has 0 saturated heterocycles. The first kappa shape index (κ1) is 15.1. The van der Waals surface area contributed by atoms with E-state index in [-0.39, 0.29) is 29.4 Å². The largest absolute Gasteiger partial charge is 0.481 e. The number of rotatable bonds is 3. The molecule has 5 nitrogen and oxygen atoms in total. The molecule has 3 atom stereocenters. The number of hydrogen-bond acceptors (Lipinski definition) is 2. The molecule has 114 valence electrons. The summed E-state index contributed by atoms with van der Waals surface area (Å²) in [5.74, 6) is -1.05. The molecule has 2 saturated carbocycles. The van der Waals surface area contributed by atoms with Crippen molar-refractivity contribution in [2.24, 2.45) is 11.3 Å². The second-order valence-electron chi connectivity index (χ2n) is 6.95. The average molecular weight is 282 g/mol. The molecule has 0 aliphatic heterocycles. The van der Waals surface area contributed by atoms with Gasteiger partial charge in [0.25, 0.3) is 0 Å². The van der Waals surface area contributed by atoms with E-state index in [0.717, 1.165) is 38.5 Å². The number of aliphatic carboxylic acids is 1. The number of carbonyl (C=O) groups is 2. The van der Waals surface area contributed by atoms with Crippen LogP contribution in [0.25, 0.3) is 0 Å². The highest BCUT2D eigenvalue weighted by Crippen LogP contribution is 2.37. The highest BCUT2D eigenvalue weighted by Gasteiger charge is 2.36. The van der Waals surface area contributed by atoms with Gasteiger partial charge in [-0.1, -0.05) is 26.7 Å². The van der Waals surface area contributed by atoms with Crippen LogP contribution in [-0.4, -0.2) is 29.2 Å². The Morgan fingerprint density at radius 1 is 1.10 bits per heavy atom. The molecular formula is C15H26N2O3. The Labute approximate surface area is 120 Å². The molecule has 5 heteroatoms. The number of nitrogens with one attached hydrogen (secondary N) is 2. The molecule has 2 aliphatic carbocycles. The second-order valence-corrected chi connectivity index (χ2v) is 6.95. The van der Waals surface area contributed by atoms with Crippen LogP contribution in [0.4, 0.5) is 4.79 Å². The maximum Gasteiger partial charge on any atom is 0.315 e. The molecule has 3 unspecified atom stereocenters. The van der Waals surface area contributed by atoms with Gasteiger partial charge in [-0.3, -0.25) is 4.79 Å². The van der Waals surface area contributed by atoms with E-state index in [4.69, 9.17) is 5.11 Å². The summed E-state index contributed by atoms with van der Waals surface area (Å²) in [4.78, 5) is 23.1. The van der Waals surface area contributed by atoms with Crippen LogP contribution in [0.3, 0.4) is 0 Å². The molecule has 0 radical (unpaired) electrons. The van der Waals surface area contributed by atoms with Gasteiger partial charge >= 0.3 is 12.0 Å². The SMILES string of the molecule is CC1(C)CCCC1NC(=O)NC1CCCC(C(=O)O)C1. The van der Waals surface area contributed by atoms with E-state index in [2.05, 4.69) is 24.5 Å². The summed E-state index contributed by atoms with van der Waals surface area (Å²) < 4.78 is 0. The molecular weight excluding hydrogens is 256 g/mol. The third-order valence-electron chi connectivity index (χ3n) is 4.92. The van der Waals surface area contributed by atoms with Gasteiger partial charge in [0.1, 0.15) is 0 Å². The summed E-state index contributed by atoms with van der Waals surface area (Å²) in [7, 11) is 0. The molecule has 2 rings (SSSR count). The van der Waals surface area contributed by atoms with Crippen LogP contribution < -0.4 is 10.6 Å². The topological polar surface area (TPSA) is 78.4 Å². The van der Waals surface area contributed by atoms with Crippen LogP contribution in [0.15, 0.2) is 0 Å². The molecule has 0 bridgehead atoms. The molecule has 3 N–H and O–H groups in total. The van der Waals surface area contributed by atoms with Gasteiger partial charge in [0.05, 0.1) is 5.92 Å². The van der Waals surface area contributed by atoms with Gasteiger partial charge in [0.15, 0.2) is 0 Å². The average Bonchev–Trinajstić information content (AvgIpc) is 2.69. The summed E-state index contributed by atoms with van der Waals surface area (Å²) in [6, 6.07) is 0.0803. The van der Waals surface area contributed by atoms with Crippen molar-refractivity contribution in [3.63, 3.8) is 0 Å². The lowest BCUT2D eigenvalue weighted by molar-refractivity contribution is -0.143. The number of amides is 2. The Kier molecular flexibility index (Phi) is 4.55. The fraction of sp³-hybridized carbons (Fsp3) is 0.867. The number of hydrogen-bond donors (Lipinski definition) is 3. The first-order valence-electron chi connectivity index (χ1n) is 7.68. The normalized spacial score (nSPS) is 32.6. The van der Waals surface area contributed by atoms with Crippen molar-refractivity contribution in [2.75, 3.05) is 0 Å². The van der Waals surface area contributed by atoms with Crippen LogP contribution in [0.2, 0.25) is 0 Å². The molecule has 2 aliphatic rings. The number of urea groups is 1. The maximum absolute atomic E-state index is 12.1. The van der Waals surface area contributed by atoms with Crippen LogP contribution in [0.1, 0.15) is 58.8 Å². The maximum atomic E-state index is 12.1. The van der Waals surface area contributed by atoms with Crippen molar-refractivity contribution < 1.29 is 14.7 Å². The van der Waals surface area contributed by atoms with Gasteiger partial charge in [-0.2, -0.15) is 0 Å². The summed E-state index contributed by atoms with van der Waals surface area (Å²) in [5, 5.41) is 15.1. The lowest BCUT2D eigenvalue weighted by Gasteiger charge is -2.31. The minimum absolute atomic E-state index is 0.00522. The molecule has 0 heterocycles. The highest BCUT2D eigenvalue weighted by atomic mass is 16.4. The summed E-state index contributed by atoms with van der Waals surface area (Å²) in [5.41, 5.74) is 0.160. The van der Waals surface area contributed by atoms with Gasteiger partial charge in [0, 0.05) is 12.1 Å². The Morgan fingerprint density at radius 2 is 1.85 bits per heavy atom. The number of carboxylic acid groups (broad SMARTS) is 1. The van der Waals surface area contributed by atoms with E-state index in [9.17, 15) is 9.59 Å². The second kappa shape index (κ2) is 6.02. The van der Waals surface area contributed by atoms with Gasteiger partial charge in [-0.05, 0) is 37.5 Å². The predicted molar refractivity (Wildman–Crippen MR) is 76.5 cm³/mol. The minimum Gasteiger partial charge on any atom is -0.481 e. The zero-order valence-electron chi connectivity index (χ0n) is 12.4. The molecule has 20 heavy (non-hydrogen) atoms. The van der Waals surface area contributed by atoms with Gasteiger partial charge in [-0.15, -0.1) is 0 Å². The van der Waals surface area contributed by atoms with Crippen LogP contribution in [-0.2, 0) is 4.79 Å².